The van der Waals surface area contributed by atoms with Gasteiger partial charge in [0.2, 0.25) is 0 Å². The molecule has 0 radical (unpaired) electrons. The van der Waals surface area contributed by atoms with Crippen LogP contribution in [0.2, 0.25) is 0 Å². The third-order valence-corrected chi connectivity index (χ3v) is 3.57. The van der Waals surface area contributed by atoms with Crippen LogP contribution in [-0.4, -0.2) is 33.0 Å². The van der Waals surface area contributed by atoms with Crippen LogP contribution < -0.4 is 0 Å². The fourth-order valence-corrected chi connectivity index (χ4v) is 2.21. The van der Waals surface area contributed by atoms with Crippen molar-refractivity contribution in [2.75, 3.05) is 6.54 Å². The van der Waals surface area contributed by atoms with Gasteiger partial charge in [0.05, 0.1) is 17.2 Å². The summed E-state index contributed by atoms with van der Waals surface area (Å²) in [7, 11) is 0. The molecule has 0 unspecified atom stereocenters. The Balaban J connectivity index is 2.75. The summed E-state index contributed by atoms with van der Waals surface area (Å²) in [5.74, 6) is -0.800. The van der Waals surface area contributed by atoms with Gasteiger partial charge < -0.3 is 5.11 Å². The van der Waals surface area contributed by atoms with E-state index in [1.807, 2.05) is 31.1 Å². The van der Waals surface area contributed by atoms with Gasteiger partial charge in [-0.15, -0.1) is 11.3 Å². The Kier molecular flexibility index (Phi) is 4.65. The Labute approximate surface area is 106 Å². The molecular weight excluding hydrogens is 236 g/mol. The Morgan fingerprint density at radius 3 is 2.59 bits per heavy atom. The largest absolute Gasteiger partial charge is 0.480 e. The quantitative estimate of drug-likeness (QED) is 0.879. The number of hydrogen-bond donors (Lipinski definition) is 1. The molecule has 0 bridgehead atoms. The molecule has 17 heavy (non-hydrogen) atoms. The minimum absolute atomic E-state index is 0.0441. The van der Waals surface area contributed by atoms with Gasteiger partial charge >= 0.3 is 5.97 Å². The average Bonchev–Trinajstić information content (AvgIpc) is 2.62. The summed E-state index contributed by atoms with van der Waals surface area (Å²) in [5, 5.41) is 12.0. The van der Waals surface area contributed by atoms with Crippen LogP contribution in [0.5, 0.6) is 0 Å². The van der Waals surface area contributed by atoms with Crippen LogP contribution >= 0.6 is 11.3 Å². The highest BCUT2D eigenvalue weighted by molar-refractivity contribution is 7.09. The van der Waals surface area contributed by atoms with E-state index in [9.17, 15) is 4.79 Å². The molecule has 1 N–H and O–H groups in total. The average molecular weight is 256 g/mol. The molecule has 0 fully saturated rings. The van der Waals surface area contributed by atoms with Gasteiger partial charge in [0, 0.05) is 17.5 Å². The monoisotopic (exact) mass is 256 g/mol. The number of thiazole rings is 1. The topological polar surface area (TPSA) is 53.4 Å². The van der Waals surface area contributed by atoms with E-state index < -0.39 is 5.97 Å². The van der Waals surface area contributed by atoms with Gasteiger partial charge in [-0.25, -0.2) is 4.98 Å². The highest BCUT2D eigenvalue weighted by Crippen LogP contribution is 2.18. The molecule has 1 heterocycles. The number of carboxylic acids is 1. The maximum atomic E-state index is 10.8. The third kappa shape index (κ3) is 4.44. The Morgan fingerprint density at radius 1 is 1.53 bits per heavy atom. The van der Waals surface area contributed by atoms with Gasteiger partial charge in [0.15, 0.2) is 0 Å². The van der Waals surface area contributed by atoms with Gasteiger partial charge in [0.1, 0.15) is 0 Å². The first kappa shape index (κ1) is 14.1. The normalized spacial score (nSPS) is 12.1. The third-order valence-electron chi connectivity index (χ3n) is 2.53. The number of nitrogens with zero attached hydrogens (tertiary/aromatic N) is 2. The first-order valence-electron chi connectivity index (χ1n) is 5.73. The van der Waals surface area contributed by atoms with Gasteiger partial charge in [-0.3, -0.25) is 9.69 Å². The maximum Gasteiger partial charge on any atom is 0.317 e. The van der Waals surface area contributed by atoms with E-state index in [-0.39, 0.29) is 12.1 Å². The second kappa shape index (κ2) is 5.60. The van der Waals surface area contributed by atoms with E-state index in [0.717, 1.165) is 17.1 Å². The van der Waals surface area contributed by atoms with Crippen LogP contribution in [0.25, 0.3) is 0 Å². The molecule has 96 valence electrons. The Bertz CT molecular complexity index is 382. The molecule has 0 aliphatic carbocycles. The van der Waals surface area contributed by atoms with Crippen molar-refractivity contribution in [2.24, 2.45) is 0 Å². The molecule has 0 aromatic carbocycles. The van der Waals surface area contributed by atoms with Gasteiger partial charge in [-0.05, 0) is 27.2 Å². The second-order valence-electron chi connectivity index (χ2n) is 5.01. The Morgan fingerprint density at radius 2 is 2.18 bits per heavy atom. The molecule has 0 spiro atoms. The summed E-state index contributed by atoms with van der Waals surface area (Å²) in [4.78, 5) is 17.2. The number of carbonyl (C=O) groups is 1. The number of aryl methyl sites for hydroxylation is 1. The molecule has 1 aromatic heterocycles. The van der Waals surface area contributed by atoms with Crippen molar-refractivity contribution in [3.63, 3.8) is 0 Å². The Hall–Kier alpha value is -0.940. The van der Waals surface area contributed by atoms with Crippen molar-refractivity contribution in [2.45, 2.75) is 46.2 Å². The molecule has 0 saturated heterocycles. The lowest BCUT2D eigenvalue weighted by atomic mass is 10.1. The van der Waals surface area contributed by atoms with Gasteiger partial charge in [0.25, 0.3) is 0 Å². The zero-order chi connectivity index (χ0) is 13.1. The lowest BCUT2D eigenvalue weighted by molar-refractivity contribution is -0.139. The molecule has 0 amide bonds. The van der Waals surface area contributed by atoms with Crippen molar-refractivity contribution in [3.8, 4) is 0 Å². The minimum atomic E-state index is -0.800. The second-order valence-corrected chi connectivity index (χ2v) is 5.95. The van der Waals surface area contributed by atoms with E-state index in [1.165, 1.54) is 0 Å². The fraction of sp³-hybridized carbons (Fsp3) is 0.667. The fourth-order valence-electron chi connectivity index (χ4n) is 1.47. The van der Waals surface area contributed by atoms with Crippen molar-refractivity contribution >= 4 is 17.3 Å². The van der Waals surface area contributed by atoms with E-state index in [1.54, 1.807) is 11.3 Å². The first-order chi connectivity index (χ1) is 7.82. The number of hydrogen-bond acceptors (Lipinski definition) is 4. The molecule has 0 aliphatic rings. The lowest BCUT2D eigenvalue weighted by Crippen LogP contribution is -2.43. The van der Waals surface area contributed by atoms with Crippen LogP contribution in [0.15, 0.2) is 5.38 Å². The molecule has 4 nitrogen and oxygen atoms in total. The van der Waals surface area contributed by atoms with Crippen molar-refractivity contribution in [3.05, 3.63) is 16.1 Å². The van der Waals surface area contributed by atoms with Crippen LogP contribution in [-0.2, 0) is 17.8 Å². The standard InChI is InChI=1S/C12H20N2O2S/c1-5-10-13-9(8-17-10)6-14(7-11(15)16)12(2,3)4/h8H,5-7H2,1-4H3,(H,15,16). The molecule has 1 aromatic rings. The van der Waals surface area contributed by atoms with E-state index in [0.29, 0.717) is 6.54 Å². The summed E-state index contributed by atoms with van der Waals surface area (Å²) >= 11 is 1.64. The van der Waals surface area contributed by atoms with Gasteiger partial charge in [-0.2, -0.15) is 0 Å². The summed E-state index contributed by atoms with van der Waals surface area (Å²) < 4.78 is 0. The van der Waals surface area contributed by atoms with Gasteiger partial charge in [-0.1, -0.05) is 6.92 Å². The highest BCUT2D eigenvalue weighted by atomic mass is 32.1. The molecule has 0 saturated carbocycles. The van der Waals surface area contributed by atoms with E-state index >= 15 is 0 Å². The summed E-state index contributed by atoms with van der Waals surface area (Å²) in [6.07, 6.45) is 0.930. The lowest BCUT2D eigenvalue weighted by Gasteiger charge is -2.33. The predicted octanol–water partition coefficient (Wildman–Crippen LogP) is 2.39. The first-order valence-corrected chi connectivity index (χ1v) is 6.61. The molecule has 5 heteroatoms. The molecule has 1 rings (SSSR count). The zero-order valence-electron chi connectivity index (χ0n) is 10.9. The number of rotatable bonds is 5. The minimum Gasteiger partial charge on any atom is -0.480 e. The van der Waals surface area contributed by atoms with E-state index in [4.69, 9.17) is 5.11 Å². The van der Waals surface area contributed by atoms with Crippen LogP contribution in [0, 0.1) is 0 Å². The van der Waals surface area contributed by atoms with Crippen LogP contribution in [0.1, 0.15) is 38.4 Å². The zero-order valence-corrected chi connectivity index (χ0v) is 11.7. The number of aliphatic carboxylic acids is 1. The van der Waals surface area contributed by atoms with Crippen molar-refractivity contribution in [1.82, 2.24) is 9.88 Å². The summed E-state index contributed by atoms with van der Waals surface area (Å²) in [6, 6.07) is 0. The predicted molar refractivity (Wildman–Crippen MR) is 69.3 cm³/mol. The molecule has 0 atom stereocenters. The van der Waals surface area contributed by atoms with Crippen LogP contribution in [0.4, 0.5) is 0 Å². The maximum absolute atomic E-state index is 10.8. The smallest absolute Gasteiger partial charge is 0.317 e. The highest BCUT2D eigenvalue weighted by Gasteiger charge is 2.24. The summed E-state index contributed by atoms with van der Waals surface area (Å²) in [6.45, 7) is 8.76. The number of carboxylic acid groups (broad SMARTS) is 1. The van der Waals surface area contributed by atoms with E-state index in [2.05, 4.69) is 11.9 Å². The molecule has 0 aliphatic heterocycles. The molecular formula is C12H20N2O2S. The van der Waals surface area contributed by atoms with Crippen LogP contribution in [0.3, 0.4) is 0 Å². The number of aromatic nitrogens is 1. The van der Waals surface area contributed by atoms with Crippen molar-refractivity contribution in [1.29, 1.82) is 0 Å². The summed E-state index contributed by atoms with van der Waals surface area (Å²) in [5.41, 5.74) is 0.789. The SMILES string of the molecule is CCc1nc(CN(CC(=O)O)C(C)(C)C)cs1. The van der Waals surface area contributed by atoms with Crippen molar-refractivity contribution < 1.29 is 9.90 Å².